The van der Waals surface area contributed by atoms with Crippen molar-refractivity contribution < 1.29 is 0 Å². The van der Waals surface area contributed by atoms with Gasteiger partial charge in [0.25, 0.3) is 0 Å². The summed E-state index contributed by atoms with van der Waals surface area (Å²) in [5.41, 5.74) is 0. The van der Waals surface area contributed by atoms with Gasteiger partial charge in [0.2, 0.25) is 0 Å². The largest absolute Gasteiger partial charge is 0.300 e. The van der Waals surface area contributed by atoms with E-state index in [0.717, 1.165) is 12.1 Å². The van der Waals surface area contributed by atoms with Gasteiger partial charge in [-0.3, -0.25) is 0 Å². The minimum Gasteiger partial charge on any atom is -0.300 e. The van der Waals surface area contributed by atoms with Gasteiger partial charge in [-0.2, -0.15) is 0 Å². The van der Waals surface area contributed by atoms with Gasteiger partial charge in [-0.05, 0) is 32.7 Å². The molecule has 1 heteroatoms. The molecular weight excluding hydrogens is 230 g/mol. The van der Waals surface area contributed by atoms with Gasteiger partial charge >= 0.3 is 0 Å². The van der Waals surface area contributed by atoms with Crippen LogP contribution in [-0.2, 0) is 0 Å². The third kappa shape index (κ3) is 5.45. The van der Waals surface area contributed by atoms with Crippen molar-refractivity contribution >= 4 is 0 Å². The fourth-order valence-electron chi connectivity index (χ4n) is 4.16. The van der Waals surface area contributed by atoms with E-state index in [1.165, 1.54) is 96.3 Å². The molecule has 1 nitrogen and oxygen atoms in total. The molecule has 0 bridgehead atoms. The van der Waals surface area contributed by atoms with Gasteiger partial charge in [0.15, 0.2) is 0 Å². The molecular formula is C18H35N. The van der Waals surface area contributed by atoms with Crippen molar-refractivity contribution in [2.75, 3.05) is 7.05 Å². The summed E-state index contributed by atoms with van der Waals surface area (Å²) in [7, 11) is 2.44. The molecule has 2 fully saturated rings. The van der Waals surface area contributed by atoms with Crippen LogP contribution in [0.3, 0.4) is 0 Å². The third-order valence-corrected chi connectivity index (χ3v) is 5.55. The molecule has 0 aromatic heterocycles. The quantitative estimate of drug-likeness (QED) is 0.634. The second-order valence-corrected chi connectivity index (χ2v) is 7.02. The Hall–Kier alpha value is -0.0400. The monoisotopic (exact) mass is 265 g/mol. The van der Waals surface area contributed by atoms with Gasteiger partial charge in [-0.15, -0.1) is 0 Å². The second kappa shape index (κ2) is 9.00. The smallest absolute Gasteiger partial charge is 0.00951 e. The maximum absolute atomic E-state index is 2.80. The highest BCUT2D eigenvalue weighted by atomic mass is 15.2. The molecule has 0 amide bonds. The Balaban J connectivity index is 1.84. The molecule has 0 unspecified atom stereocenters. The minimum absolute atomic E-state index is 0.891. The summed E-state index contributed by atoms with van der Waals surface area (Å²) in [6.45, 7) is 0. The standard InChI is InChI=1S/C18H35N/c1-19(18-15-11-7-4-8-12-16-18)17-13-9-5-2-3-6-10-14-17/h17-18H,2-16H2,1H3. The molecule has 0 aromatic carbocycles. The zero-order valence-electron chi connectivity index (χ0n) is 13.2. The highest BCUT2D eigenvalue weighted by molar-refractivity contribution is 4.79. The predicted octanol–water partition coefficient (Wildman–Crippen LogP) is 5.53. The van der Waals surface area contributed by atoms with Crippen molar-refractivity contribution in [3.05, 3.63) is 0 Å². The van der Waals surface area contributed by atoms with Gasteiger partial charge in [-0.25, -0.2) is 0 Å². The van der Waals surface area contributed by atoms with Crippen LogP contribution in [0, 0.1) is 0 Å². The molecule has 0 N–H and O–H groups in total. The summed E-state index contributed by atoms with van der Waals surface area (Å²) < 4.78 is 0. The number of hydrogen-bond donors (Lipinski definition) is 0. The molecule has 0 radical (unpaired) electrons. The molecule has 0 aromatic rings. The fraction of sp³-hybridized carbons (Fsp3) is 1.00. The summed E-state index contributed by atoms with van der Waals surface area (Å²) in [5, 5.41) is 0. The molecule has 2 aliphatic carbocycles. The van der Waals surface area contributed by atoms with Crippen molar-refractivity contribution in [2.24, 2.45) is 0 Å². The Bertz CT molecular complexity index is 208. The SMILES string of the molecule is CN(C1CCCCCCCC1)C1CCCCCCC1. The molecule has 19 heavy (non-hydrogen) atoms. The number of nitrogens with zero attached hydrogens (tertiary/aromatic N) is 1. The maximum atomic E-state index is 2.80. The van der Waals surface area contributed by atoms with Gasteiger partial charge in [0, 0.05) is 12.1 Å². The summed E-state index contributed by atoms with van der Waals surface area (Å²) in [6, 6.07) is 1.79. The van der Waals surface area contributed by atoms with Crippen LogP contribution in [0.15, 0.2) is 0 Å². The van der Waals surface area contributed by atoms with Crippen LogP contribution in [0.1, 0.15) is 96.3 Å². The zero-order chi connectivity index (χ0) is 13.3. The third-order valence-electron chi connectivity index (χ3n) is 5.55. The predicted molar refractivity (Wildman–Crippen MR) is 84.6 cm³/mol. The van der Waals surface area contributed by atoms with E-state index in [9.17, 15) is 0 Å². The first-order chi connectivity index (χ1) is 9.38. The molecule has 0 heterocycles. The highest BCUT2D eigenvalue weighted by Crippen LogP contribution is 2.26. The maximum Gasteiger partial charge on any atom is 0.00951 e. The van der Waals surface area contributed by atoms with Crippen LogP contribution in [-0.4, -0.2) is 24.0 Å². The molecule has 2 saturated carbocycles. The first-order valence-electron chi connectivity index (χ1n) is 9.10. The van der Waals surface area contributed by atoms with Crippen LogP contribution in [0.5, 0.6) is 0 Å². The van der Waals surface area contributed by atoms with Crippen LogP contribution >= 0.6 is 0 Å². The van der Waals surface area contributed by atoms with Crippen LogP contribution in [0.25, 0.3) is 0 Å². The lowest BCUT2D eigenvalue weighted by molar-refractivity contribution is 0.129. The van der Waals surface area contributed by atoms with E-state index >= 15 is 0 Å². The lowest BCUT2D eigenvalue weighted by atomic mass is 9.93. The number of rotatable bonds is 2. The van der Waals surface area contributed by atoms with Gasteiger partial charge < -0.3 is 4.90 Å². The lowest BCUT2D eigenvalue weighted by Crippen LogP contribution is -2.40. The van der Waals surface area contributed by atoms with Crippen molar-refractivity contribution in [2.45, 2.75) is 108 Å². The van der Waals surface area contributed by atoms with Crippen LogP contribution in [0.2, 0.25) is 0 Å². The van der Waals surface area contributed by atoms with E-state index in [1.807, 2.05) is 0 Å². The van der Waals surface area contributed by atoms with Gasteiger partial charge in [-0.1, -0.05) is 70.6 Å². The Kier molecular flexibility index (Phi) is 7.27. The summed E-state index contributed by atoms with van der Waals surface area (Å²) in [5.74, 6) is 0. The molecule has 0 spiro atoms. The number of hydrogen-bond acceptors (Lipinski definition) is 1. The topological polar surface area (TPSA) is 3.24 Å². The molecule has 2 aliphatic rings. The molecule has 112 valence electrons. The summed E-state index contributed by atoms with van der Waals surface area (Å²) in [6.07, 6.45) is 22.1. The zero-order valence-corrected chi connectivity index (χ0v) is 13.2. The summed E-state index contributed by atoms with van der Waals surface area (Å²) in [4.78, 5) is 2.80. The van der Waals surface area contributed by atoms with Crippen molar-refractivity contribution in [1.82, 2.24) is 4.90 Å². The van der Waals surface area contributed by atoms with Crippen LogP contribution in [0.4, 0.5) is 0 Å². The van der Waals surface area contributed by atoms with E-state index in [-0.39, 0.29) is 0 Å². The first kappa shape index (κ1) is 15.4. The van der Waals surface area contributed by atoms with E-state index in [4.69, 9.17) is 0 Å². The van der Waals surface area contributed by atoms with E-state index in [2.05, 4.69) is 11.9 Å². The van der Waals surface area contributed by atoms with Crippen molar-refractivity contribution in [1.29, 1.82) is 0 Å². The summed E-state index contributed by atoms with van der Waals surface area (Å²) >= 11 is 0. The Morgan fingerprint density at radius 2 is 0.737 bits per heavy atom. The van der Waals surface area contributed by atoms with Crippen molar-refractivity contribution in [3.8, 4) is 0 Å². The van der Waals surface area contributed by atoms with E-state index < -0.39 is 0 Å². The van der Waals surface area contributed by atoms with E-state index in [0.29, 0.717) is 0 Å². The highest BCUT2D eigenvalue weighted by Gasteiger charge is 2.23. The molecule has 0 aliphatic heterocycles. The Morgan fingerprint density at radius 1 is 0.474 bits per heavy atom. The average molecular weight is 265 g/mol. The molecule has 0 atom stereocenters. The van der Waals surface area contributed by atoms with E-state index in [1.54, 1.807) is 0 Å². The average Bonchev–Trinajstić information content (AvgIpc) is 2.51. The van der Waals surface area contributed by atoms with Gasteiger partial charge in [0.05, 0.1) is 0 Å². The Labute approximate surface area is 121 Å². The van der Waals surface area contributed by atoms with Crippen molar-refractivity contribution in [3.63, 3.8) is 0 Å². The first-order valence-corrected chi connectivity index (χ1v) is 9.10. The molecule has 2 rings (SSSR count). The second-order valence-electron chi connectivity index (χ2n) is 7.02. The Morgan fingerprint density at radius 3 is 1.05 bits per heavy atom. The normalized spacial score (nSPS) is 26.2. The van der Waals surface area contributed by atoms with Gasteiger partial charge in [0.1, 0.15) is 0 Å². The minimum atomic E-state index is 0.891. The van der Waals surface area contributed by atoms with Crippen LogP contribution < -0.4 is 0 Å². The fourth-order valence-corrected chi connectivity index (χ4v) is 4.16. The lowest BCUT2D eigenvalue weighted by Gasteiger charge is -2.36. The molecule has 0 saturated heterocycles.